The van der Waals surface area contributed by atoms with E-state index in [-0.39, 0.29) is 0 Å². The molecular formula is C14H23N3. The molecular weight excluding hydrogens is 210 g/mol. The average Bonchev–Trinajstić information content (AvgIpc) is 2.92. The van der Waals surface area contributed by atoms with Gasteiger partial charge >= 0.3 is 0 Å². The maximum atomic E-state index is 6.25. The molecule has 0 radical (unpaired) electrons. The maximum Gasteiger partial charge on any atom is 0.127 e. The van der Waals surface area contributed by atoms with Crippen LogP contribution in [0.2, 0.25) is 0 Å². The molecule has 0 unspecified atom stereocenters. The Kier molecular flexibility index (Phi) is 3.87. The Morgan fingerprint density at radius 1 is 1.47 bits per heavy atom. The van der Waals surface area contributed by atoms with E-state index >= 15 is 0 Å². The minimum atomic E-state index is 0.594. The molecule has 1 aliphatic rings. The molecule has 0 aliphatic heterocycles. The van der Waals surface area contributed by atoms with E-state index in [0.29, 0.717) is 5.92 Å². The van der Waals surface area contributed by atoms with E-state index in [1.807, 2.05) is 6.08 Å². The van der Waals surface area contributed by atoms with Crippen LogP contribution < -0.4 is 5.73 Å². The molecule has 2 N–H and O–H groups in total. The van der Waals surface area contributed by atoms with Crippen LogP contribution >= 0.6 is 0 Å². The van der Waals surface area contributed by atoms with E-state index in [1.165, 1.54) is 25.7 Å². The number of rotatable bonds is 5. The average molecular weight is 233 g/mol. The second-order valence-electron chi connectivity index (χ2n) is 4.93. The number of nitrogen functional groups attached to an aromatic ring is 1. The van der Waals surface area contributed by atoms with Gasteiger partial charge in [0.05, 0.1) is 5.69 Å². The lowest BCUT2D eigenvalue weighted by atomic mass is 10.0. The van der Waals surface area contributed by atoms with Crippen LogP contribution in [0, 0.1) is 0 Å². The molecule has 1 heterocycles. The van der Waals surface area contributed by atoms with Gasteiger partial charge in [-0.3, -0.25) is 0 Å². The van der Waals surface area contributed by atoms with Gasteiger partial charge in [-0.05, 0) is 19.3 Å². The highest BCUT2D eigenvalue weighted by Gasteiger charge is 2.24. The molecule has 0 amide bonds. The van der Waals surface area contributed by atoms with Crippen molar-refractivity contribution in [3.8, 4) is 0 Å². The normalized spacial score (nSPS) is 16.5. The summed E-state index contributed by atoms with van der Waals surface area (Å²) in [7, 11) is 0. The Morgan fingerprint density at radius 2 is 2.18 bits per heavy atom. The molecule has 3 nitrogen and oxygen atoms in total. The third-order valence-corrected chi connectivity index (χ3v) is 3.64. The zero-order valence-electron chi connectivity index (χ0n) is 10.8. The van der Waals surface area contributed by atoms with Gasteiger partial charge in [-0.1, -0.05) is 25.8 Å². The molecule has 0 bridgehead atoms. The van der Waals surface area contributed by atoms with Gasteiger partial charge in [-0.2, -0.15) is 0 Å². The summed E-state index contributed by atoms with van der Waals surface area (Å²) in [6, 6.07) is 0. The van der Waals surface area contributed by atoms with E-state index in [9.17, 15) is 0 Å². The number of anilines is 1. The Hall–Kier alpha value is -1.25. The minimum Gasteiger partial charge on any atom is -0.384 e. The van der Waals surface area contributed by atoms with Crippen LogP contribution in [0.15, 0.2) is 12.7 Å². The molecule has 0 saturated heterocycles. The van der Waals surface area contributed by atoms with Gasteiger partial charge in [0.25, 0.3) is 0 Å². The van der Waals surface area contributed by atoms with Crippen LogP contribution in [0.25, 0.3) is 0 Å². The van der Waals surface area contributed by atoms with Gasteiger partial charge in [0.15, 0.2) is 0 Å². The first-order chi connectivity index (χ1) is 8.27. The summed E-state index contributed by atoms with van der Waals surface area (Å²) in [5, 5.41) is 0. The topological polar surface area (TPSA) is 43.8 Å². The summed E-state index contributed by atoms with van der Waals surface area (Å²) in [5.74, 6) is 2.60. The Balaban J connectivity index is 2.32. The molecule has 1 fully saturated rings. The number of hydrogen-bond acceptors (Lipinski definition) is 2. The van der Waals surface area contributed by atoms with Crippen LogP contribution in [0.1, 0.15) is 56.5 Å². The summed E-state index contributed by atoms with van der Waals surface area (Å²) in [6.45, 7) is 6.76. The Labute approximate surface area is 104 Å². The summed E-state index contributed by atoms with van der Waals surface area (Å²) in [5.41, 5.74) is 7.40. The largest absolute Gasteiger partial charge is 0.384 e. The highest BCUT2D eigenvalue weighted by atomic mass is 15.1. The Morgan fingerprint density at radius 3 is 2.76 bits per heavy atom. The van der Waals surface area contributed by atoms with Crippen molar-refractivity contribution in [2.24, 2.45) is 0 Å². The number of hydrogen-bond donors (Lipinski definition) is 1. The zero-order chi connectivity index (χ0) is 12.3. The van der Waals surface area contributed by atoms with Crippen molar-refractivity contribution in [3.05, 3.63) is 24.2 Å². The van der Waals surface area contributed by atoms with E-state index in [2.05, 4.69) is 18.1 Å². The first kappa shape index (κ1) is 12.2. The van der Waals surface area contributed by atoms with Crippen molar-refractivity contribution in [1.29, 1.82) is 0 Å². The lowest BCUT2D eigenvalue weighted by Crippen LogP contribution is -2.06. The Bertz CT molecular complexity index is 386. The number of allylic oxidation sites excluding steroid dienone is 1. The number of nitrogens with two attached hydrogens (primary N) is 1. The number of imidazole rings is 1. The molecule has 1 aromatic heterocycles. The van der Waals surface area contributed by atoms with Gasteiger partial charge in [-0.15, -0.1) is 6.58 Å². The van der Waals surface area contributed by atoms with E-state index in [1.54, 1.807) is 0 Å². The lowest BCUT2D eigenvalue weighted by Gasteiger charge is -2.08. The van der Waals surface area contributed by atoms with E-state index in [0.717, 1.165) is 36.7 Å². The molecule has 0 spiro atoms. The molecule has 17 heavy (non-hydrogen) atoms. The predicted octanol–water partition coefficient (Wildman–Crippen LogP) is 3.26. The molecule has 3 heteroatoms. The molecule has 0 atom stereocenters. The molecule has 1 aliphatic carbocycles. The van der Waals surface area contributed by atoms with Crippen molar-refractivity contribution in [2.75, 3.05) is 5.73 Å². The SMILES string of the molecule is C=CCn1c(CCC)nc(C2CCCC2)c1N. The van der Waals surface area contributed by atoms with Crippen LogP contribution in [-0.2, 0) is 13.0 Å². The molecule has 2 rings (SSSR count). The zero-order valence-corrected chi connectivity index (χ0v) is 10.8. The number of aromatic nitrogens is 2. The fraction of sp³-hybridized carbons (Fsp3) is 0.643. The molecule has 1 aromatic rings. The second-order valence-corrected chi connectivity index (χ2v) is 4.93. The van der Waals surface area contributed by atoms with Crippen LogP contribution in [-0.4, -0.2) is 9.55 Å². The first-order valence-corrected chi connectivity index (χ1v) is 6.73. The first-order valence-electron chi connectivity index (χ1n) is 6.73. The fourth-order valence-corrected chi connectivity index (χ4v) is 2.78. The lowest BCUT2D eigenvalue weighted by molar-refractivity contribution is 0.698. The van der Waals surface area contributed by atoms with E-state index < -0.39 is 0 Å². The third kappa shape index (κ3) is 2.38. The highest BCUT2D eigenvalue weighted by molar-refractivity contribution is 5.41. The quantitative estimate of drug-likeness (QED) is 0.793. The maximum absolute atomic E-state index is 6.25. The van der Waals surface area contributed by atoms with Crippen molar-refractivity contribution >= 4 is 5.82 Å². The third-order valence-electron chi connectivity index (χ3n) is 3.64. The van der Waals surface area contributed by atoms with Crippen LogP contribution in [0.3, 0.4) is 0 Å². The van der Waals surface area contributed by atoms with Gasteiger partial charge in [0, 0.05) is 18.9 Å². The summed E-state index contributed by atoms with van der Waals surface area (Å²) in [4.78, 5) is 4.79. The number of nitrogens with zero attached hydrogens (tertiary/aromatic N) is 2. The fourth-order valence-electron chi connectivity index (χ4n) is 2.78. The van der Waals surface area contributed by atoms with Gasteiger partial charge in [0.1, 0.15) is 11.6 Å². The summed E-state index contributed by atoms with van der Waals surface area (Å²) < 4.78 is 2.13. The highest BCUT2D eigenvalue weighted by Crippen LogP contribution is 2.36. The molecule has 0 aromatic carbocycles. The minimum absolute atomic E-state index is 0.594. The van der Waals surface area contributed by atoms with Gasteiger partial charge in [0.2, 0.25) is 0 Å². The molecule has 1 saturated carbocycles. The summed E-state index contributed by atoms with van der Waals surface area (Å²) in [6.07, 6.45) is 9.16. The monoisotopic (exact) mass is 233 g/mol. The predicted molar refractivity (Wildman–Crippen MR) is 72.0 cm³/mol. The number of aryl methyl sites for hydroxylation is 1. The van der Waals surface area contributed by atoms with Crippen LogP contribution in [0.4, 0.5) is 5.82 Å². The van der Waals surface area contributed by atoms with Gasteiger partial charge < -0.3 is 10.3 Å². The van der Waals surface area contributed by atoms with Crippen LogP contribution in [0.5, 0.6) is 0 Å². The van der Waals surface area contributed by atoms with Crippen molar-refractivity contribution in [1.82, 2.24) is 9.55 Å². The van der Waals surface area contributed by atoms with E-state index in [4.69, 9.17) is 10.7 Å². The smallest absolute Gasteiger partial charge is 0.127 e. The standard InChI is InChI=1S/C14H23N3/c1-3-7-12-16-13(11-8-5-6-9-11)14(15)17(12)10-4-2/h4,11H,2-3,5-10,15H2,1H3. The van der Waals surface area contributed by atoms with Gasteiger partial charge in [-0.25, -0.2) is 4.98 Å². The summed E-state index contributed by atoms with van der Waals surface area (Å²) >= 11 is 0. The second kappa shape index (κ2) is 5.39. The van der Waals surface area contributed by atoms with Crippen molar-refractivity contribution < 1.29 is 0 Å². The molecule has 94 valence electrons. The van der Waals surface area contributed by atoms with Crippen molar-refractivity contribution in [2.45, 2.75) is 57.9 Å². The van der Waals surface area contributed by atoms with Crippen molar-refractivity contribution in [3.63, 3.8) is 0 Å².